The number of carbonyl (C=O) groups excluding carboxylic acids is 1. The summed E-state index contributed by atoms with van der Waals surface area (Å²) in [4.78, 5) is 13.5. The molecule has 0 N–H and O–H groups in total. The molecule has 0 atom stereocenters. The molecule has 4 heteroatoms. The lowest BCUT2D eigenvalue weighted by Crippen LogP contribution is -2.13. The number of benzene rings is 3. The van der Waals surface area contributed by atoms with E-state index in [1.54, 1.807) is 0 Å². The summed E-state index contributed by atoms with van der Waals surface area (Å²) in [7, 11) is 0. The summed E-state index contributed by atoms with van der Waals surface area (Å²) in [5.74, 6) is 1.42. The Labute approximate surface area is 210 Å². The van der Waals surface area contributed by atoms with Crippen LogP contribution in [0.1, 0.15) is 86.7 Å². The monoisotopic (exact) mass is 476 g/mol. The fourth-order valence-corrected chi connectivity index (χ4v) is 4.26. The Hall–Kier alpha value is -3.01. The summed E-state index contributed by atoms with van der Waals surface area (Å²) in [6, 6.07) is 15.5. The molecular weight excluding hydrogens is 436 g/mol. The number of esters is 1. The van der Waals surface area contributed by atoms with Crippen LogP contribution in [0.3, 0.4) is 0 Å². The van der Waals surface area contributed by atoms with Crippen LogP contribution in [-0.2, 0) is 0 Å². The van der Waals surface area contributed by atoms with Crippen molar-refractivity contribution < 1.29 is 19.0 Å². The summed E-state index contributed by atoms with van der Waals surface area (Å²) in [6.45, 7) is 9.58. The highest BCUT2D eigenvalue weighted by Gasteiger charge is 2.23. The van der Waals surface area contributed by atoms with Gasteiger partial charge in [0.15, 0.2) is 0 Å². The van der Waals surface area contributed by atoms with Gasteiger partial charge in [-0.1, -0.05) is 88.8 Å². The Morgan fingerprint density at radius 2 is 1.37 bits per heavy atom. The molecule has 4 nitrogen and oxygen atoms in total. The predicted octanol–water partition coefficient (Wildman–Crippen LogP) is 8.59. The van der Waals surface area contributed by atoms with Crippen molar-refractivity contribution in [2.24, 2.45) is 0 Å². The standard InChI is InChI=1S/C31H40O4/c1-5-7-9-13-20-33-28-22-26(31(32)35-27-19-12-11-16-23(27)3)30(34-21-14-10-8-6-2)25-18-15-17-24(4)29(25)28/h11-12,15-19,22H,5-10,13-14,20-21H2,1-4H3. The van der Waals surface area contributed by atoms with Crippen molar-refractivity contribution in [1.82, 2.24) is 0 Å². The van der Waals surface area contributed by atoms with Crippen molar-refractivity contribution in [3.8, 4) is 17.2 Å². The number of para-hydroxylation sites is 1. The zero-order valence-corrected chi connectivity index (χ0v) is 21.8. The van der Waals surface area contributed by atoms with E-state index in [1.807, 2.05) is 49.4 Å². The molecule has 0 fully saturated rings. The molecule has 0 bridgehead atoms. The van der Waals surface area contributed by atoms with Gasteiger partial charge < -0.3 is 14.2 Å². The lowest BCUT2D eigenvalue weighted by molar-refractivity contribution is 0.0728. The van der Waals surface area contributed by atoms with Gasteiger partial charge in [0.1, 0.15) is 22.8 Å². The minimum atomic E-state index is -0.429. The van der Waals surface area contributed by atoms with Crippen molar-refractivity contribution in [3.63, 3.8) is 0 Å². The molecule has 0 aliphatic heterocycles. The van der Waals surface area contributed by atoms with E-state index >= 15 is 0 Å². The minimum Gasteiger partial charge on any atom is -0.493 e. The maximum Gasteiger partial charge on any atom is 0.347 e. The van der Waals surface area contributed by atoms with Gasteiger partial charge in [0, 0.05) is 10.8 Å². The second kappa shape index (κ2) is 13.8. The number of hydrogen-bond donors (Lipinski definition) is 0. The van der Waals surface area contributed by atoms with Gasteiger partial charge in [0.05, 0.1) is 13.2 Å². The lowest BCUT2D eigenvalue weighted by Gasteiger charge is -2.19. The molecule has 0 aliphatic carbocycles. The predicted molar refractivity (Wildman–Crippen MR) is 144 cm³/mol. The van der Waals surface area contributed by atoms with Crippen LogP contribution in [0.25, 0.3) is 10.8 Å². The Morgan fingerprint density at radius 1 is 0.714 bits per heavy atom. The highest BCUT2D eigenvalue weighted by atomic mass is 16.5. The summed E-state index contributed by atoms with van der Waals surface area (Å²) < 4.78 is 18.4. The number of aryl methyl sites for hydroxylation is 2. The minimum absolute atomic E-state index is 0.408. The third-order valence-corrected chi connectivity index (χ3v) is 6.30. The number of rotatable bonds is 14. The first kappa shape index (κ1) is 26.6. The third kappa shape index (κ3) is 7.24. The molecule has 0 aromatic heterocycles. The fourth-order valence-electron chi connectivity index (χ4n) is 4.26. The molecule has 188 valence electrons. The number of ether oxygens (including phenoxy) is 3. The summed E-state index contributed by atoms with van der Waals surface area (Å²) in [5, 5.41) is 1.89. The van der Waals surface area contributed by atoms with E-state index in [9.17, 15) is 4.79 Å². The van der Waals surface area contributed by atoms with Crippen LogP contribution < -0.4 is 14.2 Å². The molecule has 0 amide bonds. The number of hydrogen-bond acceptors (Lipinski definition) is 4. The number of carbonyl (C=O) groups is 1. The van der Waals surface area contributed by atoms with E-state index in [0.29, 0.717) is 36.0 Å². The van der Waals surface area contributed by atoms with Crippen LogP contribution >= 0.6 is 0 Å². The SMILES string of the molecule is CCCCCCOc1c(C(=O)Oc2ccccc2C)cc(OCCCCCC)c2c(C)cccc12. The molecule has 3 rings (SSSR count). The topological polar surface area (TPSA) is 44.8 Å². The van der Waals surface area contributed by atoms with Crippen molar-refractivity contribution in [3.05, 3.63) is 65.2 Å². The summed E-state index contributed by atoms with van der Waals surface area (Å²) in [6.07, 6.45) is 8.90. The van der Waals surface area contributed by atoms with E-state index in [1.165, 1.54) is 25.7 Å². The first-order valence-electron chi connectivity index (χ1n) is 13.2. The van der Waals surface area contributed by atoms with Crippen molar-refractivity contribution in [2.75, 3.05) is 13.2 Å². The molecule has 0 saturated carbocycles. The molecule has 0 spiro atoms. The Bertz CT molecular complexity index is 1100. The fraction of sp³-hybridized carbons (Fsp3) is 0.452. The van der Waals surface area contributed by atoms with E-state index in [4.69, 9.17) is 14.2 Å². The van der Waals surface area contributed by atoms with E-state index < -0.39 is 5.97 Å². The largest absolute Gasteiger partial charge is 0.493 e. The number of unbranched alkanes of at least 4 members (excludes halogenated alkanes) is 6. The number of fused-ring (bicyclic) bond motifs is 1. The van der Waals surface area contributed by atoms with Crippen molar-refractivity contribution in [2.45, 2.75) is 79.1 Å². The van der Waals surface area contributed by atoms with Gasteiger partial charge in [-0.3, -0.25) is 0 Å². The molecular formula is C31H40O4. The molecule has 3 aromatic carbocycles. The lowest BCUT2D eigenvalue weighted by atomic mass is 10.00. The zero-order valence-electron chi connectivity index (χ0n) is 21.8. The maximum absolute atomic E-state index is 13.5. The van der Waals surface area contributed by atoms with Gasteiger partial charge in [0.2, 0.25) is 0 Å². The average Bonchev–Trinajstić information content (AvgIpc) is 2.85. The normalized spacial score (nSPS) is 11.0. The van der Waals surface area contributed by atoms with E-state index in [2.05, 4.69) is 26.8 Å². The van der Waals surface area contributed by atoms with Crippen molar-refractivity contribution >= 4 is 16.7 Å². The molecule has 0 radical (unpaired) electrons. The Kier molecular flexibility index (Phi) is 10.5. The zero-order chi connectivity index (χ0) is 25.0. The maximum atomic E-state index is 13.5. The summed E-state index contributed by atoms with van der Waals surface area (Å²) in [5.41, 5.74) is 2.41. The molecule has 0 aliphatic rings. The van der Waals surface area contributed by atoms with Gasteiger partial charge in [-0.2, -0.15) is 0 Å². The first-order chi connectivity index (χ1) is 17.1. The summed E-state index contributed by atoms with van der Waals surface area (Å²) >= 11 is 0. The van der Waals surface area contributed by atoms with Crippen LogP contribution in [0, 0.1) is 13.8 Å². The first-order valence-corrected chi connectivity index (χ1v) is 13.2. The van der Waals surface area contributed by atoms with Crippen LogP contribution in [0.15, 0.2) is 48.5 Å². The molecule has 3 aromatic rings. The average molecular weight is 477 g/mol. The van der Waals surface area contributed by atoms with Gasteiger partial charge in [0.25, 0.3) is 0 Å². The quantitative estimate of drug-likeness (QED) is 0.133. The molecule has 0 heterocycles. The Morgan fingerprint density at radius 3 is 2.06 bits per heavy atom. The van der Waals surface area contributed by atoms with Gasteiger partial charge >= 0.3 is 5.97 Å². The molecule has 0 unspecified atom stereocenters. The molecule has 0 saturated heterocycles. The van der Waals surface area contributed by atoms with Gasteiger partial charge in [-0.15, -0.1) is 0 Å². The molecule has 35 heavy (non-hydrogen) atoms. The van der Waals surface area contributed by atoms with Gasteiger partial charge in [-0.25, -0.2) is 4.79 Å². The van der Waals surface area contributed by atoms with Crippen LogP contribution in [0.5, 0.6) is 17.2 Å². The highest BCUT2D eigenvalue weighted by molar-refractivity contribution is 6.05. The van der Waals surface area contributed by atoms with Gasteiger partial charge in [-0.05, 0) is 49.9 Å². The second-order valence-corrected chi connectivity index (χ2v) is 9.22. The van der Waals surface area contributed by atoms with Crippen LogP contribution in [0.4, 0.5) is 0 Å². The highest BCUT2D eigenvalue weighted by Crippen LogP contribution is 2.39. The third-order valence-electron chi connectivity index (χ3n) is 6.30. The van der Waals surface area contributed by atoms with Crippen LogP contribution in [0.2, 0.25) is 0 Å². The van der Waals surface area contributed by atoms with Crippen molar-refractivity contribution in [1.29, 1.82) is 0 Å². The second-order valence-electron chi connectivity index (χ2n) is 9.22. The Balaban J connectivity index is 1.99. The van der Waals surface area contributed by atoms with E-state index in [-0.39, 0.29) is 0 Å². The van der Waals surface area contributed by atoms with Crippen LogP contribution in [-0.4, -0.2) is 19.2 Å². The van der Waals surface area contributed by atoms with E-state index in [0.717, 1.165) is 47.6 Å². The smallest absolute Gasteiger partial charge is 0.347 e.